The Morgan fingerprint density at radius 1 is 1.44 bits per heavy atom. The topological polar surface area (TPSA) is 33.0 Å². The molecule has 0 aliphatic carbocycles. The van der Waals surface area contributed by atoms with Crippen molar-refractivity contribution in [1.82, 2.24) is 0 Å². The van der Waals surface area contributed by atoms with Crippen LogP contribution in [-0.2, 0) is 0 Å². The maximum absolute atomic E-state index is 9.19. The molecule has 0 radical (unpaired) electrons. The van der Waals surface area contributed by atoms with Crippen LogP contribution >= 0.6 is 0 Å². The molecule has 1 atom stereocenters. The van der Waals surface area contributed by atoms with E-state index in [-0.39, 0.29) is 5.92 Å². The fourth-order valence-electron chi connectivity index (χ4n) is 2.22. The van der Waals surface area contributed by atoms with Crippen LogP contribution in [-0.4, -0.2) is 6.61 Å². The summed E-state index contributed by atoms with van der Waals surface area (Å²) in [6.45, 7) is 5.05. The first kappa shape index (κ1) is 11.0. The lowest BCUT2D eigenvalue weighted by Gasteiger charge is -2.16. The first-order valence-corrected chi connectivity index (χ1v) is 5.89. The fraction of sp³-hybridized carbons (Fsp3) is 0.500. The molecular formula is C14H17NO. The molecular weight excluding hydrogens is 198 g/mol. The lowest BCUT2D eigenvalue weighted by atomic mass is 9.91. The number of ether oxygens (including phenoxy) is 1. The van der Waals surface area contributed by atoms with E-state index in [0.717, 1.165) is 30.8 Å². The van der Waals surface area contributed by atoms with Crippen molar-refractivity contribution in [3.63, 3.8) is 0 Å². The lowest BCUT2D eigenvalue weighted by Crippen LogP contribution is -2.01. The molecule has 0 spiro atoms. The zero-order valence-electron chi connectivity index (χ0n) is 9.86. The molecule has 0 N–H and O–H groups in total. The van der Waals surface area contributed by atoms with E-state index < -0.39 is 0 Å². The standard InChI is InChI=1S/C14H17NO/c1-10(2)12-6-3-7-13-11(9-15)5-4-8-16-14(12)13/h3,6-7,10-11H,4-5,8H2,1-2H3. The molecule has 2 heteroatoms. The lowest BCUT2D eigenvalue weighted by molar-refractivity contribution is 0.312. The van der Waals surface area contributed by atoms with Gasteiger partial charge in [-0.05, 0) is 24.3 Å². The highest BCUT2D eigenvalue weighted by molar-refractivity contribution is 5.47. The van der Waals surface area contributed by atoms with Gasteiger partial charge in [0.05, 0.1) is 18.6 Å². The van der Waals surface area contributed by atoms with Crippen molar-refractivity contribution in [3.05, 3.63) is 29.3 Å². The molecule has 0 fully saturated rings. The second-order valence-corrected chi connectivity index (χ2v) is 4.59. The number of nitrogens with zero attached hydrogens (tertiary/aromatic N) is 1. The van der Waals surface area contributed by atoms with Gasteiger partial charge in [-0.15, -0.1) is 0 Å². The average molecular weight is 215 g/mol. The van der Waals surface area contributed by atoms with Gasteiger partial charge in [0, 0.05) is 5.56 Å². The zero-order valence-corrected chi connectivity index (χ0v) is 9.86. The van der Waals surface area contributed by atoms with E-state index in [2.05, 4.69) is 26.0 Å². The van der Waals surface area contributed by atoms with Gasteiger partial charge >= 0.3 is 0 Å². The quantitative estimate of drug-likeness (QED) is 0.717. The summed E-state index contributed by atoms with van der Waals surface area (Å²) in [5.74, 6) is 1.39. The predicted octanol–water partition coefficient (Wildman–Crippen LogP) is 3.59. The third kappa shape index (κ3) is 1.90. The Morgan fingerprint density at radius 3 is 2.94 bits per heavy atom. The summed E-state index contributed by atoms with van der Waals surface area (Å²) in [6.07, 6.45) is 1.87. The Bertz CT molecular complexity index is 417. The third-order valence-electron chi connectivity index (χ3n) is 3.11. The van der Waals surface area contributed by atoms with Crippen LogP contribution in [0.15, 0.2) is 18.2 Å². The van der Waals surface area contributed by atoms with Crippen LogP contribution in [0.1, 0.15) is 49.7 Å². The van der Waals surface area contributed by atoms with E-state index in [0.29, 0.717) is 5.92 Å². The maximum atomic E-state index is 9.19. The van der Waals surface area contributed by atoms with Crippen LogP contribution in [0.25, 0.3) is 0 Å². The van der Waals surface area contributed by atoms with Gasteiger partial charge < -0.3 is 4.74 Å². The molecule has 16 heavy (non-hydrogen) atoms. The number of nitriles is 1. The summed E-state index contributed by atoms with van der Waals surface area (Å²) in [4.78, 5) is 0. The van der Waals surface area contributed by atoms with Crippen LogP contribution in [0.5, 0.6) is 5.75 Å². The smallest absolute Gasteiger partial charge is 0.127 e. The number of hydrogen-bond donors (Lipinski definition) is 0. The highest BCUT2D eigenvalue weighted by atomic mass is 16.5. The van der Waals surface area contributed by atoms with Crippen LogP contribution < -0.4 is 4.74 Å². The van der Waals surface area contributed by atoms with E-state index in [9.17, 15) is 5.26 Å². The molecule has 0 aromatic heterocycles. The number of hydrogen-bond acceptors (Lipinski definition) is 2. The molecule has 0 amide bonds. The third-order valence-corrected chi connectivity index (χ3v) is 3.11. The molecule has 0 bridgehead atoms. The molecule has 84 valence electrons. The second kappa shape index (κ2) is 4.57. The van der Waals surface area contributed by atoms with Gasteiger partial charge in [-0.1, -0.05) is 32.0 Å². The van der Waals surface area contributed by atoms with Gasteiger partial charge in [0.1, 0.15) is 5.75 Å². The largest absolute Gasteiger partial charge is 0.493 e. The maximum Gasteiger partial charge on any atom is 0.127 e. The number of benzene rings is 1. The predicted molar refractivity (Wildman–Crippen MR) is 63.6 cm³/mol. The van der Waals surface area contributed by atoms with Gasteiger partial charge in [0.2, 0.25) is 0 Å². The Labute approximate surface area is 96.9 Å². The minimum Gasteiger partial charge on any atom is -0.493 e. The monoisotopic (exact) mass is 215 g/mol. The van der Waals surface area contributed by atoms with E-state index in [4.69, 9.17) is 4.74 Å². The summed E-state index contributed by atoms with van der Waals surface area (Å²) < 4.78 is 5.82. The Balaban J connectivity index is 2.52. The first-order valence-electron chi connectivity index (χ1n) is 5.89. The van der Waals surface area contributed by atoms with Crippen molar-refractivity contribution >= 4 is 0 Å². The van der Waals surface area contributed by atoms with E-state index in [1.54, 1.807) is 0 Å². The van der Waals surface area contributed by atoms with Gasteiger partial charge in [-0.25, -0.2) is 0 Å². The summed E-state index contributed by atoms with van der Waals surface area (Å²) in [7, 11) is 0. The van der Waals surface area contributed by atoms with Gasteiger partial charge in [0.15, 0.2) is 0 Å². The molecule has 2 rings (SSSR count). The Kier molecular flexibility index (Phi) is 3.14. The molecule has 1 aliphatic heterocycles. The summed E-state index contributed by atoms with van der Waals surface area (Å²) in [5, 5.41) is 9.19. The van der Waals surface area contributed by atoms with E-state index in [1.807, 2.05) is 12.1 Å². The number of rotatable bonds is 1. The number of para-hydroxylation sites is 1. The van der Waals surface area contributed by atoms with Crippen LogP contribution in [0.2, 0.25) is 0 Å². The molecule has 1 aliphatic rings. The molecule has 1 aromatic carbocycles. The summed E-state index contributed by atoms with van der Waals surface area (Å²) >= 11 is 0. The van der Waals surface area contributed by atoms with Crippen LogP contribution in [0.4, 0.5) is 0 Å². The SMILES string of the molecule is CC(C)c1cccc2c1OCCCC2C#N. The zero-order chi connectivity index (χ0) is 11.5. The Morgan fingerprint density at radius 2 is 2.25 bits per heavy atom. The van der Waals surface area contributed by atoms with Crippen LogP contribution in [0.3, 0.4) is 0 Å². The second-order valence-electron chi connectivity index (χ2n) is 4.59. The molecule has 1 unspecified atom stereocenters. The minimum absolute atomic E-state index is 0.00352. The van der Waals surface area contributed by atoms with Crippen molar-refractivity contribution in [2.45, 2.75) is 38.5 Å². The molecule has 2 nitrogen and oxygen atoms in total. The molecule has 0 saturated carbocycles. The molecule has 1 aromatic rings. The van der Waals surface area contributed by atoms with Crippen molar-refractivity contribution in [3.8, 4) is 11.8 Å². The normalized spacial score (nSPS) is 19.5. The van der Waals surface area contributed by atoms with Crippen molar-refractivity contribution < 1.29 is 4.74 Å². The average Bonchev–Trinajstić information content (AvgIpc) is 2.49. The van der Waals surface area contributed by atoms with Gasteiger partial charge in [0.25, 0.3) is 0 Å². The number of fused-ring (bicyclic) bond motifs is 1. The van der Waals surface area contributed by atoms with Crippen molar-refractivity contribution in [2.75, 3.05) is 6.61 Å². The summed E-state index contributed by atoms with van der Waals surface area (Å²) in [6, 6.07) is 8.55. The fourth-order valence-corrected chi connectivity index (χ4v) is 2.22. The van der Waals surface area contributed by atoms with E-state index in [1.165, 1.54) is 5.56 Å². The van der Waals surface area contributed by atoms with Crippen molar-refractivity contribution in [2.24, 2.45) is 0 Å². The summed E-state index contributed by atoms with van der Waals surface area (Å²) in [5.41, 5.74) is 2.30. The highest BCUT2D eigenvalue weighted by Crippen LogP contribution is 2.38. The van der Waals surface area contributed by atoms with Gasteiger partial charge in [-0.3, -0.25) is 0 Å². The van der Waals surface area contributed by atoms with Gasteiger partial charge in [-0.2, -0.15) is 5.26 Å². The highest BCUT2D eigenvalue weighted by Gasteiger charge is 2.22. The first-order chi connectivity index (χ1) is 7.74. The molecule has 0 saturated heterocycles. The van der Waals surface area contributed by atoms with E-state index >= 15 is 0 Å². The Hall–Kier alpha value is -1.49. The van der Waals surface area contributed by atoms with Crippen LogP contribution in [0, 0.1) is 11.3 Å². The minimum atomic E-state index is -0.00352. The van der Waals surface area contributed by atoms with Crippen molar-refractivity contribution in [1.29, 1.82) is 5.26 Å². The molecule has 1 heterocycles.